The van der Waals surface area contributed by atoms with Crippen molar-refractivity contribution in [3.8, 4) is 0 Å². The quantitative estimate of drug-likeness (QED) is 0.153. The number of benzene rings is 2. The van der Waals surface area contributed by atoms with Crippen molar-refractivity contribution >= 4 is 47.0 Å². The fraction of sp³-hybridized carbons (Fsp3) is 0.360. The maximum Gasteiger partial charge on any atom is 2.00 e. The second kappa shape index (κ2) is 15.6. The Kier molecular flexibility index (Phi) is 13.6. The number of hydrogen-bond donors (Lipinski definition) is 0. The molecule has 0 atom stereocenters. The minimum atomic E-state index is 0. The molecule has 34 heavy (non-hydrogen) atoms. The molecular weight excluding hydrogens is 512 g/mol. The molecule has 6 nitrogen and oxygen atoms in total. The maximum absolute atomic E-state index is 5.50. The summed E-state index contributed by atoms with van der Waals surface area (Å²) in [6, 6.07) is 17.9. The molecule has 2 aromatic carbocycles. The van der Waals surface area contributed by atoms with Gasteiger partial charge in [-0.05, 0) is 34.6 Å². The fourth-order valence-electron chi connectivity index (χ4n) is 3.09. The summed E-state index contributed by atoms with van der Waals surface area (Å²) >= 11 is 11.0. The average molecular weight is 544 g/mol. The Balaban J connectivity index is 0.00000578. The van der Waals surface area contributed by atoms with Crippen LogP contribution in [0.2, 0.25) is 0 Å². The van der Waals surface area contributed by atoms with Gasteiger partial charge < -0.3 is 35.1 Å². The van der Waals surface area contributed by atoms with Crippen molar-refractivity contribution in [1.29, 1.82) is 0 Å². The van der Waals surface area contributed by atoms with Gasteiger partial charge in [0.25, 0.3) is 0 Å². The summed E-state index contributed by atoms with van der Waals surface area (Å²) in [6.07, 6.45) is 0. The molecule has 0 aromatic heterocycles. The number of hydrogen-bond acceptors (Lipinski definition) is 6. The van der Waals surface area contributed by atoms with Gasteiger partial charge in [-0.1, -0.05) is 60.2 Å². The number of amidine groups is 2. The third-order valence-corrected chi connectivity index (χ3v) is 5.82. The number of nitrogens with zero attached hydrogens (tertiary/aromatic N) is 6. The summed E-state index contributed by atoms with van der Waals surface area (Å²) < 4.78 is 0. The predicted molar refractivity (Wildman–Crippen MR) is 146 cm³/mol. The summed E-state index contributed by atoms with van der Waals surface area (Å²) in [5, 5.41) is 18.8. The first kappa shape index (κ1) is 29.7. The molecule has 0 fully saturated rings. The van der Waals surface area contributed by atoms with Crippen LogP contribution in [0.4, 0.5) is 0 Å². The van der Waals surface area contributed by atoms with E-state index < -0.39 is 0 Å². The van der Waals surface area contributed by atoms with Crippen LogP contribution in [-0.2, 0) is 42.3 Å². The van der Waals surface area contributed by atoms with E-state index in [1.54, 1.807) is 0 Å². The molecule has 185 valence electrons. The molecule has 1 radical (unpaired) electrons. The Bertz CT molecular complexity index is 996. The first-order valence-corrected chi connectivity index (χ1v) is 12.0. The van der Waals surface area contributed by atoms with Crippen LogP contribution in [0.5, 0.6) is 0 Å². The van der Waals surface area contributed by atoms with E-state index in [2.05, 4.69) is 20.4 Å². The molecule has 2 aromatic rings. The molecule has 0 saturated carbocycles. The largest absolute Gasteiger partial charge is 2.00 e. The smallest absolute Gasteiger partial charge is 0.741 e. The summed E-state index contributed by atoms with van der Waals surface area (Å²) in [4.78, 5) is 3.95. The third-order valence-electron chi connectivity index (χ3n) is 5.14. The maximum atomic E-state index is 5.50. The standard InChI is InChI=1S/C25H34N6S2.Cu/c1-6-30(7-2)24(32)28-26-22(20-13-11-10-12-14-20)23(21-17-15-19(5)16-18-21)27-29-25(33)31(8-3)9-4;/h10-18H,6-9H2,1-5H3,(H,28,32)(H,29,33);/q;+2/p-2/b26-22+,27-23+;. The van der Waals surface area contributed by atoms with Crippen LogP contribution in [-0.4, -0.2) is 57.7 Å². The van der Waals surface area contributed by atoms with Gasteiger partial charge in [0.1, 0.15) is 11.4 Å². The van der Waals surface area contributed by atoms with E-state index in [0.717, 1.165) is 42.9 Å². The third kappa shape index (κ3) is 8.47. The minimum Gasteiger partial charge on any atom is -0.741 e. The van der Waals surface area contributed by atoms with Crippen molar-refractivity contribution < 1.29 is 17.1 Å². The van der Waals surface area contributed by atoms with Crippen LogP contribution in [0.3, 0.4) is 0 Å². The van der Waals surface area contributed by atoms with Crippen molar-refractivity contribution in [3.63, 3.8) is 0 Å². The topological polar surface area (TPSA) is 55.9 Å². The Hall–Kier alpha value is -2.32. The van der Waals surface area contributed by atoms with Gasteiger partial charge in [-0.3, -0.25) is 0 Å². The first-order chi connectivity index (χ1) is 15.9. The molecule has 0 bridgehead atoms. The van der Waals surface area contributed by atoms with Crippen LogP contribution in [0.25, 0.3) is 0 Å². The van der Waals surface area contributed by atoms with Crippen molar-refractivity contribution in [2.45, 2.75) is 34.6 Å². The molecule has 0 aliphatic heterocycles. The van der Waals surface area contributed by atoms with Crippen LogP contribution in [0.1, 0.15) is 44.4 Å². The molecule has 0 heterocycles. The van der Waals surface area contributed by atoms with Gasteiger partial charge >= 0.3 is 17.1 Å². The van der Waals surface area contributed by atoms with E-state index in [4.69, 9.17) is 25.3 Å². The molecule has 0 aliphatic carbocycles. The molecule has 0 amide bonds. The van der Waals surface area contributed by atoms with E-state index in [1.165, 1.54) is 0 Å². The van der Waals surface area contributed by atoms with Crippen LogP contribution >= 0.6 is 0 Å². The van der Waals surface area contributed by atoms with Gasteiger partial charge in [0.15, 0.2) is 0 Å². The van der Waals surface area contributed by atoms with Crippen molar-refractivity contribution in [2.75, 3.05) is 26.2 Å². The summed E-state index contributed by atoms with van der Waals surface area (Å²) in [5.41, 5.74) is 4.06. The molecule has 0 aliphatic rings. The first-order valence-electron chi connectivity index (χ1n) is 11.2. The zero-order chi connectivity index (χ0) is 24.2. The van der Waals surface area contributed by atoms with Crippen molar-refractivity contribution in [2.24, 2.45) is 20.4 Å². The van der Waals surface area contributed by atoms with E-state index in [0.29, 0.717) is 21.8 Å². The van der Waals surface area contributed by atoms with E-state index in [1.807, 2.05) is 99.0 Å². The SMILES string of the molecule is CCN(CC)/C([S-])=N/N=C(/C(=N/N=C(\[S-])N(CC)CC)c1ccc(C)cc1)c1ccccc1.[Cu+2]. The zero-order valence-corrected chi connectivity index (χ0v) is 22.9. The zero-order valence-electron chi connectivity index (χ0n) is 20.3. The molecule has 0 unspecified atom stereocenters. The molecular formula is C25H32CuN6S2. The Labute approximate surface area is 225 Å². The molecule has 0 saturated heterocycles. The van der Waals surface area contributed by atoms with E-state index >= 15 is 0 Å². The Morgan fingerprint density at radius 1 is 0.618 bits per heavy atom. The summed E-state index contributed by atoms with van der Waals surface area (Å²) in [6.45, 7) is 13.3. The molecule has 2 rings (SSSR count). The Morgan fingerprint density at radius 2 is 1.00 bits per heavy atom. The van der Waals surface area contributed by atoms with Crippen molar-refractivity contribution in [3.05, 3.63) is 71.3 Å². The fourth-order valence-corrected chi connectivity index (χ4v) is 3.69. The monoisotopic (exact) mass is 543 g/mol. The van der Waals surface area contributed by atoms with Crippen molar-refractivity contribution in [1.82, 2.24) is 9.80 Å². The van der Waals surface area contributed by atoms with Gasteiger partial charge in [-0.25, -0.2) is 0 Å². The van der Waals surface area contributed by atoms with E-state index in [-0.39, 0.29) is 17.1 Å². The second-order valence-corrected chi connectivity index (χ2v) is 7.97. The predicted octanol–water partition coefficient (Wildman–Crippen LogP) is 4.59. The Morgan fingerprint density at radius 3 is 1.38 bits per heavy atom. The number of aryl methyl sites for hydroxylation is 1. The molecule has 0 spiro atoms. The molecule has 9 heteroatoms. The van der Waals surface area contributed by atoms with Crippen LogP contribution in [0.15, 0.2) is 75.0 Å². The van der Waals surface area contributed by atoms with Crippen LogP contribution in [0, 0.1) is 6.92 Å². The van der Waals surface area contributed by atoms with E-state index in [9.17, 15) is 0 Å². The summed E-state index contributed by atoms with van der Waals surface area (Å²) in [7, 11) is 0. The second-order valence-electron chi connectivity index (χ2n) is 7.24. The van der Waals surface area contributed by atoms with Gasteiger partial charge in [-0.15, -0.1) is 10.2 Å². The number of rotatable bonds is 9. The summed E-state index contributed by atoms with van der Waals surface area (Å²) in [5.74, 6) is 0. The van der Waals surface area contributed by atoms with Gasteiger partial charge in [0, 0.05) is 47.6 Å². The molecule has 0 N–H and O–H groups in total. The van der Waals surface area contributed by atoms with Gasteiger partial charge in [0.05, 0.1) is 0 Å². The van der Waals surface area contributed by atoms with Gasteiger partial charge in [0.2, 0.25) is 0 Å². The van der Waals surface area contributed by atoms with Crippen LogP contribution < -0.4 is 0 Å². The normalized spacial score (nSPS) is 12.9. The van der Waals surface area contributed by atoms with Gasteiger partial charge in [-0.2, -0.15) is 10.2 Å². The average Bonchev–Trinajstić information content (AvgIpc) is 2.84. The minimum absolute atomic E-state index is 0.